The first-order valence-corrected chi connectivity index (χ1v) is 15.3. The zero-order chi connectivity index (χ0) is 28.4. The van der Waals surface area contributed by atoms with E-state index in [9.17, 15) is 10.1 Å². The van der Waals surface area contributed by atoms with E-state index in [1.54, 1.807) is 18.2 Å². The molecule has 5 nitrogen and oxygen atoms in total. The molecule has 0 aliphatic carbocycles. The maximum Gasteiger partial charge on any atom is 0.343 e. The van der Waals surface area contributed by atoms with Crippen LogP contribution in [0.15, 0.2) is 54.9 Å². The Morgan fingerprint density at radius 2 is 1.27 bits per heavy atom. The van der Waals surface area contributed by atoms with Crippen LogP contribution in [0.5, 0.6) is 5.75 Å². The van der Waals surface area contributed by atoms with Gasteiger partial charge in [0.1, 0.15) is 11.8 Å². The van der Waals surface area contributed by atoms with Gasteiger partial charge >= 0.3 is 5.97 Å². The fraction of sp³-hybridized carbons (Fsp3) is 0.486. The summed E-state index contributed by atoms with van der Waals surface area (Å²) in [7, 11) is 0. The number of hydrogen-bond acceptors (Lipinski definition) is 5. The van der Waals surface area contributed by atoms with Crippen LogP contribution in [0.25, 0.3) is 11.4 Å². The van der Waals surface area contributed by atoms with Gasteiger partial charge in [-0.25, -0.2) is 14.8 Å². The normalized spacial score (nSPS) is 10.8. The molecule has 0 radical (unpaired) electrons. The Kier molecular flexibility index (Phi) is 13.9. The van der Waals surface area contributed by atoms with E-state index < -0.39 is 5.97 Å². The second-order valence-electron chi connectivity index (χ2n) is 10.7. The quantitative estimate of drug-likeness (QED) is 0.0914. The van der Waals surface area contributed by atoms with Crippen molar-refractivity contribution >= 4 is 5.97 Å². The number of nitriles is 1. The average Bonchev–Trinajstić information content (AvgIpc) is 2.99. The third kappa shape index (κ3) is 10.6. The Morgan fingerprint density at radius 3 is 1.85 bits per heavy atom. The topological polar surface area (TPSA) is 75.9 Å². The van der Waals surface area contributed by atoms with Gasteiger partial charge < -0.3 is 4.74 Å². The number of rotatable bonds is 18. The number of aryl methyl sites for hydroxylation is 2. The summed E-state index contributed by atoms with van der Waals surface area (Å²) in [6.07, 6.45) is 22.2. The summed E-state index contributed by atoms with van der Waals surface area (Å²) in [6.45, 7) is 4.46. The van der Waals surface area contributed by atoms with Crippen LogP contribution >= 0.6 is 0 Å². The first-order valence-electron chi connectivity index (χ1n) is 15.3. The van der Waals surface area contributed by atoms with E-state index in [-0.39, 0.29) is 0 Å². The van der Waals surface area contributed by atoms with Crippen LogP contribution in [0.2, 0.25) is 0 Å². The van der Waals surface area contributed by atoms with Gasteiger partial charge in [-0.3, -0.25) is 0 Å². The van der Waals surface area contributed by atoms with Gasteiger partial charge in [0, 0.05) is 18.0 Å². The van der Waals surface area contributed by atoms with Crippen molar-refractivity contribution in [1.29, 1.82) is 5.26 Å². The number of ether oxygens (including phenoxy) is 1. The Balaban J connectivity index is 1.48. The molecule has 0 aliphatic heterocycles. The molecule has 212 valence electrons. The summed E-state index contributed by atoms with van der Waals surface area (Å²) in [4.78, 5) is 21.9. The predicted molar refractivity (Wildman–Crippen MR) is 162 cm³/mol. The first-order chi connectivity index (χ1) is 19.6. The largest absolute Gasteiger partial charge is 0.422 e. The molecule has 0 atom stereocenters. The van der Waals surface area contributed by atoms with E-state index in [4.69, 9.17) is 4.74 Å². The van der Waals surface area contributed by atoms with Crippen LogP contribution in [0.1, 0.15) is 124 Å². The van der Waals surface area contributed by atoms with Crippen molar-refractivity contribution in [3.05, 3.63) is 77.1 Å². The van der Waals surface area contributed by atoms with Crippen molar-refractivity contribution in [2.75, 3.05) is 0 Å². The number of aromatic nitrogens is 2. The smallest absolute Gasteiger partial charge is 0.343 e. The molecule has 3 rings (SSSR count). The number of benzene rings is 2. The van der Waals surface area contributed by atoms with Gasteiger partial charge in [0.05, 0.1) is 11.1 Å². The lowest BCUT2D eigenvalue weighted by atomic mass is 10.0. The van der Waals surface area contributed by atoms with Gasteiger partial charge in [0.15, 0.2) is 5.82 Å². The Bertz CT molecular complexity index is 1200. The average molecular weight is 540 g/mol. The minimum atomic E-state index is -0.489. The second kappa shape index (κ2) is 17.9. The van der Waals surface area contributed by atoms with Crippen molar-refractivity contribution in [1.82, 2.24) is 9.97 Å². The Morgan fingerprint density at radius 1 is 0.725 bits per heavy atom. The molecule has 1 heterocycles. The molecule has 3 aromatic rings. The molecule has 0 spiro atoms. The van der Waals surface area contributed by atoms with Gasteiger partial charge in [-0.1, -0.05) is 103 Å². The Hall–Kier alpha value is -3.52. The van der Waals surface area contributed by atoms with E-state index in [0.717, 1.165) is 36.0 Å². The molecule has 0 bridgehead atoms. The predicted octanol–water partition coefficient (Wildman–Crippen LogP) is 9.43. The number of carbonyl (C=O) groups excluding carboxylic acids is 1. The fourth-order valence-electron chi connectivity index (χ4n) is 4.85. The maximum atomic E-state index is 12.8. The fourth-order valence-corrected chi connectivity index (χ4v) is 4.85. The zero-order valence-corrected chi connectivity index (χ0v) is 24.5. The third-order valence-corrected chi connectivity index (χ3v) is 7.34. The van der Waals surface area contributed by atoms with E-state index in [1.807, 2.05) is 36.7 Å². The lowest BCUT2D eigenvalue weighted by Crippen LogP contribution is -2.09. The summed E-state index contributed by atoms with van der Waals surface area (Å²) in [5, 5.41) is 9.60. The van der Waals surface area contributed by atoms with Gasteiger partial charge in [-0.05, 0) is 61.1 Å². The van der Waals surface area contributed by atoms with E-state index in [1.165, 1.54) is 77.0 Å². The van der Waals surface area contributed by atoms with Crippen LogP contribution in [-0.2, 0) is 12.8 Å². The molecule has 0 unspecified atom stereocenters. The van der Waals surface area contributed by atoms with Crippen molar-refractivity contribution in [2.24, 2.45) is 0 Å². The van der Waals surface area contributed by atoms with Crippen LogP contribution in [-0.4, -0.2) is 15.9 Å². The van der Waals surface area contributed by atoms with Crippen molar-refractivity contribution in [3.63, 3.8) is 0 Å². The molecular formula is C35H45N3O2. The van der Waals surface area contributed by atoms with Gasteiger partial charge in [0.25, 0.3) is 0 Å². The van der Waals surface area contributed by atoms with Gasteiger partial charge in [0.2, 0.25) is 0 Å². The summed E-state index contributed by atoms with van der Waals surface area (Å²) in [6, 6.07) is 14.8. The van der Waals surface area contributed by atoms with E-state index in [2.05, 4.69) is 29.9 Å². The lowest BCUT2D eigenvalue weighted by Gasteiger charge is -2.09. The second-order valence-corrected chi connectivity index (χ2v) is 10.7. The van der Waals surface area contributed by atoms with Crippen LogP contribution < -0.4 is 4.74 Å². The minimum Gasteiger partial charge on any atom is -0.422 e. The minimum absolute atomic E-state index is 0.293. The van der Waals surface area contributed by atoms with Crippen molar-refractivity contribution in [2.45, 2.75) is 110 Å². The molecule has 0 saturated carbocycles. The van der Waals surface area contributed by atoms with Crippen LogP contribution in [0.3, 0.4) is 0 Å². The van der Waals surface area contributed by atoms with Crippen LogP contribution in [0, 0.1) is 11.3 Å². The van der Waals surface area contributed by atoms with E-state index >= 15 is 0 Å². The first kappa shape index (κ1) is 31.0. The molecule has 0 amide bonds. The van der Waals surface area contributed by atoms with Crippen molar-refractivity contribution in [3.8, 4) is 23.2 Å². The number of unbranched alkanes of at least 4 members (excludes halogenated alkanes) is 11. The molecule has 0 fully saturated rings. The zero-order valence-electron chi connectivity index (χ0n) is 24.5. The number of nitrogens with zero attached hydrogens (tertiary/aromatic N) is 3. The maximum absolute atomic E-state index is 12.8. The lowest BCUT2D eigenvalue weighted by molar-refractivity contribution is 0.0734. The van der Waals surface area contributed by atoms with Crippen LogP contribution in [0.4, 0.5) is 0 Å². The van der Waals surface area contributed by atoms with Gasteiger partial charge in [-0.2, -0.15) is 5.26 Å². The monoisotopic (exact) mass is 539 g/mol. The van der Waals surface area contributed by atoms with Gasteiger partial charge in [-0.15, -0.1) is 0 Å². The highest BCUT2D eigenvalue weighted by Crippen LogP contribution is 2.23. The van der Waals surface area contributed by atoms with E-state index in [0.29, 0.717) is 22.7 Å². The molecule has 0 saturated heterocycles. The summed E-state index contributed by atoms with van der Waals surface area (Å²) in [5.74, 6) is 0.440. The number of esters is 1. The SMILES string of the molecule is CCCCCCCCCCc1cnc(-c2ccc(C(=O)Oc3ccc(CCCCCCC)cc3C#N)cc2)nc1. The highest BCUT2D eigenvalue weighted by molar-refractivity contribution is 5.91. The Labute approximate surface area is 241 Å². The molecule has 40 heavy (non-hydrogen) atoms. The third-order valence-electron chi connectivity index (χ3n) is 7.34. The summed E-state index contributed by atoms with van der Waals surface area (Å²) < 4.78 is 5.58. The number of carbonyl (C=O) groups is 1. The standard InChI is InChI=1S/C35H45N3O2/c1-3-5-7-9-10-11-13-15-17-29-26-37-34(38-27-29)30-19-21-31(22-20-30)35(39)40-33-23-18-28(24-32(33)25-36)16-14-12-8-6-4-2/h18-24,26-27H,3-17H2,1-2H3. The molecule has 2 aromatic carbocycles. The highest BCUT2D eigenvalue weighted by atomic mass is 16.5. The molecule has 1 aromatic heterocycles. The van der Waals surface area contributed by atoms with Crippen molar-refractivity contribution < 1.29 is 9.53 Å². The summed E-state index contributed by atoms with van der Waals surface area (Å²) in [5.41, 5.74) is 3.90. The number of hydrogen-bond donors (Lipinski definition) is 0. The molecule has 0 aliphatic rings. The highest BCUT2D eigenvalue weighted by Gasteiger charge is 2.13. The molecule has 5 heteroatoms. The summed E-state index contributed by atoms with van der Waals surface area (Å²) >= 11 is 0. The molecular weight excluding hydrogens is 494 g/mol. The molecule has 0 N–H and O–H groups in total.